The van der Waals surface area contributed by atoms with E-state index >= 15 is 0 Å². The van der Waals surface area contributed by atoms with Gasteiger partial charge in [-0.2, -0.15) is 0 Å². The van der Waals surface area contributed by atoms with Crippen LogP contribution < -0.4 is 5.32 Å². The number of ether oxygens (including phenoxy) is 1. The van der Waals surface area contributed by atoms with Crippen molar-refractivity contribution in [2.45, 2.75) is 60.2 Å². The third-order valence-electron chi connectivity index (χ3n) is 3.69. The monoisotopic (exact) mass is 307 g/mol. The van der Waals surface area contributed by atoms with E-state index in [2.05, 4.69) is 49.9 Å². The number of fused-ring (bicyclic) bond motifs is 1. The maximum Gasteiger partial charge on any atom is 0.158 e. The molecule has 1 atom stereocenters. The number of hydrogen-bond donors (Lipinski definition) is 1. The van der Waals surface area contributed by atoms with Crippen LogP contribution >= 0.6 is 11.3 Å². The minimum Gasteiger partial charge on any atom is -0.371 e. The second-order valence-corrected chi connectivity index (χ2v) is 6.61. The zero-order chi connectivity index (χ0) is 15.4. The van der Waals surface area contributed by atoms with Gasteiger partial charge in [-0.15, -0.1) is 11.3 Å². The number of thiophene rings is 1. The number of aryl methyl sites for hydroxylation is 2. The van der Waals surface area contributed by atoms with Crippen molar-refractivity contribution in [1.29, 1.82) is 0 Å². The first-order valence-corrected chi connectivity index (χ1v) is 8.50. The first-order chi connectivity index (χ1) is 10.1. The molecule has 4 nitrogen and oxygen atoms in total. The number of aromatic nitrogens is 2. The van der Waals surface area contributed by atoms with E-state index in [9.17, 15) is 0 Å². The molecule has 0 amide bonds. The largest absolute Gasteiger partial charge is 0.371 e. The van der Waals surface area contributed by atoms with Crippen molar-refractivity contribution >= 4 is 27.4 Å². The minimum atomic E-state index is 0.239. The highest BCUT2D eigenvalue weighted by molar-refractivity contribution is 7.18. The fourth-order valence-corrected chi connectivity index (χ4v) is 3.11. The van der Waals surface area contributed by atoms with Crippen LogP contribution in [0, 0.1) is 13.8 Å². The standard InChI is InChI=1S/C16H25N3OS/c1-6-8-17-15-14-11(4)12(5)21-16(14)19-13(18-15)9-20-10(3)7-2/h10H,6-9H2,1-5H3,(H,17,18,19). The molecule has 2 heterocycles. The Hall–Kier alpha value is -1.20. The van der Waals surface area contributed by atoms with Gasteiger partial charge in [0.25, 0.3) is 0 Å². The summed E-state index contributed by atoms with van der Waals surface area (Å²) >= 11 is 1.73. The summed E-state index contributed by atoms with van der Waals surface area (Å²) in [7, 11) is 0. The lowest BCUT2D eigenvalue weighted by atomic mass is 10.2. The lowest BCUT2D eigenvalue weighted by Crippen LogP contribution is -2.10. The molecule has 116 valence electrons. The number of rotatable bonds is 7. The van der Waals surface area contributed by atoms with E-state index in [0.717, 1.165) is 35.9 Å². The average Bonchev–Trinajstić information content (AvgIpc) is 2.77. The van der Waals surface area contributed by atoms with Crippen LogP contribution in [0.1, 0.15) is 49.9 Å². The molecule has 0 aromatic carbocycles. The maximum atomic E-state index is 5.77. The van der Waals surface area contributed by atoms with Gasteiger partial charge in [0.05, 0.1) is 11.5 Å². The fraction of sp³-hybridized carbons (Fsp3) is 0.625. The first-order valence-electron chi connectivity index (χ1n) is 7.68. The molecular weight excluding hydrogens is 282 g/mol. The molecule has 0 saturated heterocycles. The van der Waals surface area contributed by atoms with Crippen LogP contribution in [0.4, 0.5) is 5.82 Å². The van der Waals surface area contributed by atoms with Gasteiger partial charge in [-0.1, -0.05) is 13.8 Å². The van der Waals surface area contributed by atoms with Gasteiger partial charge in [0.1, 0.15) is 17.3 Å². The van der Waals surface area contributed by atoms with Crippen molar-refractivity contribution < 1.29 is 4.74 Å². The molecule has 2 aromatic heterocycles. The van der Waals surface area contributed by atoms with Crippen LogP contribution in [-0.4, -0.2) is 22.6 Å². The third-order valence-corrected chi connectivity index (χ3v) is 4.79. The van der Waals surface area contributed by atoms with E-state index in [0.29, 0.717) is 6.61 Å². The molecule has 5 heteroatoms. The molecule has 1 unspecified atom stereocenters. The van der Waals surface area contributed by atoms with Crippen molar-refractivity contribution in [2.24, 2.45) is 0 Å². The lowest BCUT2D eigenvalue weighted by Gasteiger charge is -2.12. The predicted molar refractivity (Wildman–Crippen MR) is 90.2 cm³/mol. The van der Waals surface area contributed by atoms with E-state index in [1.807, 2.05) is 0 Å². The Kier molecular flexibility index (Phi) is 5.53. The molecule has 2 rings (SSSR count). The van der Waals surface area contributed by atoms with E-state index in [1.165, 1.54) is 15.8 Å². The SMILES string of the molecule is CCCNc1nc(COC(C)CC)nc2sc(C)c(C)c12. The van der Waals surface area contributed by atoms with Crippen molar-refractivity contribution in [3.8, 4) is 0 Å². The smallest absolute Gasteiger partial charge is 0.158 e. The summed E-state index contributed by atoms with van der Waals surface area (Å²) in [6, 6.07) is 0. The Labute approximate surface area is 131 Å². The Bertz CT molecular complexity index is 609. The second kappa shape index (κ2) is 7.18. The highest BCUT2D eigenvalue weighted by Crippen LogP contribution is 2.33. The summed E-state index contributed by atoms with van der Waals surface area (Å²) in [5.74, 6) is 1.72. The molecule has 0 spiro atoms. The van der Waals surface area contributed by atoms with Gasteiger partial charge in [-0.05, 0) is 39.2 Å². The molecule has 0 saturated carbocycles. The van der Waals surface area contributed by atoms with Crippen LogP contribution in [-0.2, 0) is 11.3 Å². The quantitative estimate of drug-likeness (QED) is 0.821. The molecule has 2 aromatic rings. The van der Waals surface area contributed by atoms with E-state index in [4.69, 9.17) is 4.74 Å². The number of nitrogens with zero attached hydrogens (tertiary/aromatic N) is 2. The molecule has 0 aliphatic heterocycles. The summed E-state index contributed by atoms with van der Waals surface area (Å²) < 4.78 is 5.77. The summed E-state index contributed by atoms with van der Waals surface area (Å²) in [6.45, 7) is 12.0. The fourth-order valence-electron chi connectivity index (χ4n) is 2.06. The first kappa shape index (κ1) is 16.2. The molecule has 0 fully saturated rings. The number of nitrogens with one attached hydrogen (secondary N) is 1. The molecule has 0 aliphatic rings. The van der Waals surface area contributed by atoms with Crippen molar-refractivity contribution in [3.05, 3.63) is 16.3 Å². The van der Waals surface area contributed by atoms with Crippen LogP contribution in [0.15, 0.2) is 0 Å². The van der Waals surface area contributed by atoms with Gasteiger partial charge in [-0.25, -0.2) is 9.97 Å². The average molecular weight is 307 g/mol. The Morgan fingerprint density at radius 1 is 1.24 bits per heavy atom. The summed E-state index contributed by atoms with van der Waals surface area (Å²) in [4.78, 5) is 11.7. The Morgan fingerprint density at radius 2 is 2.00 bits per heavy atom. The molecule has 0 aliphatic carbocycles. The van der Waals surface area contributed by atoms with Crippen molar-refractivity contribution in [2.75, 3.05) is 11.9 Å². The summed E-state index contributed by atoms with van der Waals surface area (Å²) in [5, 5.41) is 4.60. The molecule has 0 radical (unpaired) electrons. The Balaban J connectivity index is 2.35. The zero-order valence-corrected chi connectivity index (χ0v) is 14.4. The number of anilines is 1. The molecular formula is C16H25N3OS. The summed E-state index contributed by atoms with van der Waals surface area (Å²) in [5.41, 5.74) is 1.28. The second-order valence-electron chi connectivity index (χ2n) is 5.41. The maximum absolute atomic E-state index is 5.77. The van der Waals surface area contributed by atoms with E-state index < -0.39 is 0 Å². The lowest BCUT2D eigenvalue weighted by molar-refractivity contribution is 0.0470. The highest BCUT2D eigenvalue weighted by atomic mass is 32.1. The normalized spacial score (nSPS) is 12.8. The van der Waals surface area contributed by atoms with Crippen LogP contribution in [0.25, 0.3) is 10.2 Å². The van der Waals surface area contributed by atoms with Crippen molar-refractivity contribution in [3.63, 3.8) is 0 Å². The van der Waals surface area contributed by atoms with Gasteiger partial charge >= 0.3 is 0 Å². The minimum absolute atomic E-state index is 0.239. The van der Waals surface area contributed by atoms with Crippen LogP contribution in [0.5, 0.6) is 0 Å². The van der Waals surface area contributed by atoms with Gasteiger partial charge in [0, 0.05) is 11.4 Å². The number of hydrogen-bond acceptors (Lipinski definition) is 5. The van der Waals surface area contributed by atoms with Gasteiger partial charge < -0.3 is 10.1 Å². The van der Waals surface area contributed by atoms with Crippen molar-refractivity contribution in [1.82, 2.24) is 9.97 Å². The summed E-state index contributed by atoms with van der Waals surface area (Å²) in [6.07, 6.45) is 2.32. The van der Waals surface area contributed by atoms with Gasteiger partial charge in [0.15, 0.2) is 5.82 Å². The van der Waals surface area contributed by atoms with Gasteiger partial charge in [-0.3, -0.25) is 0 Å². The van der Waals surface area contributed by atoms with Crippen LogP contribution in [0.2, 0.25) is 0 Å². The van der Waals surface area contributed by atoms with E-state index in [-0.39, 0.29) is 6.10 Å². The van der Waals surface area contributed by atoms with E-state index in [1.54, 1.807) is 11.3 Å². The molecule has 0 bridgehead atoms. The van der Waals surface area contributed by atoms with Gasteiger partial charge in [0.2, 0.25) is 0 Å². The molecule has 21 heavy (non-hydrogen) atoms. The molecule has 1 N–H and O–H groups in total. The highest BCUT2D eigenvalue weighted by Gasteiger charge is 2.14. The predicted octanol–water partition coefficient (Wildman–Crippen LogP) is 4.45. The topological polar surface area (TPSA) is 47.0 Å². The van der Waals surface area contributed by atoms with Crippen LogP contribution in [0.3, 0.4) is 0 Å². The third kappa shape index (κ3) is 3.71. The zero-order valence-electron chi connectivity index (χ0n) is 13.6. The Morgan fingerprint density at radius 3 is 2.67 bits per heavy atom.